The summed E-state index contributed by atoms with van der Waals surface area (Å²) in [5.41, 5.74) is 0. The number of rotatable bonds is 40. The minimum absolute atomic E-state index is 0.0451. The molecular formula is C54H83NO8. The number of hydrogen-bond donors (Lipinski definition) is 0. The second-order valence-corrected chi connectivity index (χ2v) is 15.9. The molecule has 0 spiro atoms. The van der Waals surface area contributed by atoms with E-state index < -0.39 is 30.3 Å². The van der Waals surface area contributed by atoms with Gasteiger partial charge in [0, 0.05) is 6.42 Å². The Morgan fingerprint density at radius 2 is 0.905 bits per heavy atom. The molecule has 0 aromatic carbocycles. The highest BCUT2D eigenvalue weighted by Crippen LogP contribution is 2.10. The van der Waals surface area contributed by atoms with E-state index in [2.05, 4.69) is 129 Å². The van der Waals surface area contributed by atoms with E-state index in [0.717, 1.165) is 89.9 Å². The third-order valence-electron chi connectivity index (χ3n) is 8.93. The van der Waals surface area contributed by atoms with Crippen LogP contribution in [0.3, 0.4) is 0 Å². The topological polar surface area (TPSA) is 111 Å². The highest BCUT2D eigenvalue weighted by molar-refractivity contribution is 5.71. The van der Waals surface area contributed by atoms with Crippen LogP contribution in [0.2, 0.25) is 0 Å². The maximum atomic E-state index is 12.8. The Kier molecular flexibility index (Phi) is 40.9. The SMILES string of the molecule is CC/C=C\C/C=C\C/C=C\C/C=C\C/C=C\C/C=C\CCCCCCC(=O)OC(COC(=O)C/C=C\C/C=C\C/C=C\C/C=C\C/C=C\CC)COC(OCC[N+](C)(C)C)C(=O)[O-]. The van der Waals surface area contributed by atoms with E-state index in [1.165, 1.54) is 0 Å². The molecule has 63 heavy (non-hydrogen) atoms. The molecule has 0 aliphatic heterocycles. The van der Waals surface area contributed by atoms with Crippen LogP contribution >= 0.6 is 0 Å². The smallest absolute Gasteiger partial charge is 0.309 e. The zero-order valence-electron chi connectivity index (χ0n) is 39.6. The van der Waals surface area contributed by atoms with Crippen LogP contribution < -0.4 is 5.11 Å². The summed E-state index contributed by atoms with van der Waals surface area (Å²) in [6.07, 6.45) is 59.4. The summed E-state index contributed by atoms with van der Waals surface area (Å²) in [6.45, 7) is 4.32. The van der Waals surface area contributed by atoms with Crippen LogP contribution in [0.4, 0.5) is 0 Å². The number of aliphatic carboxylic acids is 1. The molecule has 0 radical (unpaired) electrons. The summed E-state index contributed by atoms with van der Waals surface area (Å²) < 4.78 is 22.4. The van der Waals surface area contributed by atoms with Crippen LogP contribution in [0, 0.1) is 0 Å². The monoisotopic (exact) mass is 874 g/mol. The van der Waals surface area contributed by atoms with Crippen LogP contribution in [0.15, 0.2) is 134 Å². The van der Waals surface area contributed by atoms with Gasteiger partial charge < -0.3 is 33.3 Å². The average Bonchev–Trinajstić information content (AvgIpc) is 3.24. The first-order valence-electron chi connectivity index (χ1n) is 23.3. The molecule has 0 fully saturated rings. The largest absolute Gasteiger partial charge is 0.545 e. The number of allylic oxidation sites excluding steroid dienone is 21. The second-order valence-electron chi connectivity index (χ2n) is 15.9. The van der Waals surface area contributed by atoms with E-state index in [-0.39, 0.29) is 32.7 Å². The lowest BCUT2D eigenvalue weighted by Gasteiger charge is -2.26. The number of hydrogen-bond acceptors (Lipinski definition) is 8. The highest BCUT2D eigenvalue weighted by Gasteiger charge is 2.21. The van der Waals surface area contributed by atoms with Crippen LogP contribution in [0.5, 0.6) is 0 Å². The number of ether oxygens (including phenoxy) is 4. The zero-order valence-corrected chi connectivity index (χ0v) is 39.6. The third kappa shape index (κ3) is 45.3. The van der Waals surface area contributed by atoms with Crippen LogP contribution in [0.25, 0.3) is 0 Å². The van der Waals surface area contributed by atoms with Gasteiger partial charge in [0.25, 0.3) is 0 Å². The van der Waals surface area contributed by atoms with E-state index in [9.17, 15) is 19.5 Å². The predicted molar refractivity (Wildman–Crippen MR) is 259 cm³/mol. The molecule has 0 aromatic heterocycles. The lowest BCUT2D eigenvalue weighted by molar-refractivity contribution is -0.870. The lowest BCUT2D eigenvalue weighted by atomic mass is 10.1. The van der Waals surface area contributed by atoms with Crippen molar-refractivity contribution < 1.29 is 42.9 Å². The number of esters is 2. The second kappa shape index (κ2) is 44.1. The number of carboxylic acid groups (broad SMARTS) is 1. The maximum absolute atomic E-state index is 12.8. The standard InChI is InChI=1S/C54H83NO8/c1-6-8-10-12-14-16-18-20-22-23-24-25-26-27-28-29-31-33-35-37-39-41-43-45-52(57)63-50(49-62-54(53(58)59)60-47-46-55(3,4)5)48-61-51(56)44-42-40-38-36-34-32-30-21-19-17-15-13-11-9-7-2/h8-11,14-17,20-22,24-25,27-28,30-31,33-34,36,40,42,50,54H,6-7,12-13,18-19,23,26,29,32,35,37-39,41,43-49H2,1-5H3/b10-8-,11-9-,16-14-,17-15-,22-20-,25-24-,28-27-,30-21-,33-31-,36-34-,42-40-. The van der Waals surface area contributed by atoms with Gasteiger partial charge in [-0.2, -0.15) is 0 Å². The van der Waals surface area contributed by atoms with Crippen LogP contribution in [-0.2, 0) is 33.3 Å². The molecule has 0 bridgehead atoms. The van der Waals surface area contributed by atoms with Gasteiger partial charge >= 0.3 is 11.9 Å². The summed E-state index contributed by atoms with van der Waals surface area (Å²) in [6, 6.07) is 0. The third-order valence-corrected chi connectivity index (χ3v) is 8.93. The van der Waals surface area contributed by atoms with Crippen LogP contribution in [-0.4, -0.2) is 82.3 Å². The van der Waals surface area contributed by atoms with Gasteiger partial charge in [0.1, 0.15) is 13.2 Å². The number of nitrogens with zero attached hydrogens (tertiary/aromatic N) is 1. The minimum Gasteiger partial charge on any atom is -0.545 e. The number of likely N-dealkylation sites (N-methyl/N-ethyl adjacent to an activating group) is 1. The Labute approximate surface area is 382 Å². The van der Waals surface area contributed by atoms with Crippen molar-refractivity contribution in [3.8, 4) is 0 Å². The van der Waals surface area contributed by atoms with E-state index >= 15 is 0 Å². The molecule has 0 heterocycles. The fraction of sp³-hybridized carbons (Fsp3) is 0.537. The van der Waals surface area contributed by atoms with E-state index in [0.29, 0.717) is 23.9 Å². The van der Waals surface area contributed by atoms with Gasteiger partial charge in [0.15, 0.2) is 12.4 Å². The summed E-state index contributed by atoms with van der Waals surface area (Å²) in [4.78, 5) is 37.0. The normalized spacial score (nSPS) is 14.1. The molecule has 0 aliphatic carbocycles. The summed E-state index contributed by atoms with van der Waals surface area (Å²) in [7, 11) is 5.86. The Balaban J connectivity index is 4.59. The Hall–Kier alpha value is -4.57. The fourth-order valence-electron chi connectivity index (χ4n) is 5.37. The van der Waals surface area contributed by atoms with Crippen molar-refractivity contribution >= 4 is 17.9 Å². The van der Waals surface area contributed by atoms with Crippen molar-refractivity contribution in [3.63, 3.8) is 0 Å². The molecule has 0 amide bonds. The van der Waals surface area contributed by atoms with Gasteiger partial charge in [0.2, 0.25) is 0 Å². The van der Waals surface area contributed by atoms with Crippen molar-refractivity contribution in [1.82, 2.24) is 0 Å². The molecule has 0 aliphatic rings. The van der Waals surface area contributed by atoms with Crippen molar-refractivity contribution in [2.45, 2.75) is 142 Å². The summed E-state index contributed by atoms with van der Waals surface area (Å²) >= 11 is 0. The van der Waals surface area contributed by atoms with E-state index in [1.807, 2.05) is 33.3 Å². The number of carbonyl (C=O) groups excluding carboxylic acids is 3. The molecule has 9 nitrogen and oxygen atoms in total. The van der Waals surface area contributed by atoms with Crippen molar-refractivity contribution in [1.29, 1.82) is 0 Å². The Morgan fingerprint density at radius 3 is 1.33 bits per heavy atom. The average molecular weight is 874 g/mol. The minimum atomic E-state index is -1.66. The number of carbonyl (C=O) groups is 3. The molecule has 2 unspecified atom stereocenters. The van der Waals surface area contributed by atoms with Gasteiger partial charge in [-0.05, 0) is 89.9 Å². The van der Waals surface area contributed by atoms with E-state index in [1.54, 1.807) is 6.08 Å². The number of carboxylic acids is 1. The molecular weight excluding hydrogens is 791 g/mol. The molecule has 0 aromatic rings. The molecule has 0 rings (SSSR count). The molecule has 0 saturated heterocycles. The maximum Gasteiger partial charge on any atom is 0.309 e. The fourth-order valence-corrected chi connectivity index (χ4v) is 5.37. The zero-order chi connectivity index (χ0) is 46.3. The molecule has 352 valence electrons. The molecule has 0 N–H and O–H groups in total. The first kappa shape index (κ1) is 58.4. The van der Waals surface area contributed by atoms with Gasteiger partial charge in [0.05, 0.1) is 46.7 Å². The number of unbranched alkanes of at least 4 members (excludes halogenated alkanes) is 4. The highest BCUT2D eigenvalue weighted by atomic mass is 16.7. The Morgan fingerprint density at radius 1 is 0.492 bits per heavy atom. The Bertz CT molecular complexity index is 1480. The first-order valence-corrected chi connectivity index (χ1v) is 23.3. The van der Waals surface area contributed by atoms with Gasteiger partial charge in [-0.15, -0.1) is 0 Å². The van der Waals surface area contributed by atoms with Crippen molar-refractivity contribution in [2.24, 2.45) is 0 Å². The quantitative estimate of drug-likeness (QED) is 0.0197. The summed E-state index contributed by atoms with van der Waals surface area (Å²) in [5, 5.41) is 11.7. The van der Waals surface area contributed by atoms with Gasteiger partial charge in [-0.3, -0.25) is 9.59 Å². The van der Waals surface area contributed by atoms with Gasteiger partial charge in [-0.1, -0.05) is 160 Å². The van der Waals surface area contributed by atoms with Crippen molar-refractivity contribution in [3.05, 3.63) is 134 Å². The molecule has 0 saturated carbocycles. The van der Waals surface area contributed by atoms with Gasteiger partial charge in [-0.25, -0.2) is 0 Å². The first-order chi connectivity index (χ1) is 30.6. The van der Waals surface area contributed by atoms with E-state index in [4.69, 9.17) is 18.9 Å². The number of quaternary nitrogens is 1. The predicted octanol–water partition coefficient (Wildman–Crippen LogP) is 11.4. The van der Waals surface area contributed by atoms with Crippen LogP contribution in [0.1, 0.15) is 129 Å². The summed E-state index contributed by atoms with van der Waals surface area (Å²) in [5.74, 6) is -2.51. The lowest BCUT2D eigenvalue weighted by Crippen LogP contribution is -2.44. The molecule has 9 heteroatoms. The molecule has 2 atom stereocenters. The van der Waals surface area contributed by atoms with Crippen molar-refractivity contribution in [2.75, 3.05) is 47.5 Å².